The molecule has 21 heavy (non-hydrogen) atoms. The van der Waals surface area contributed by atoms with Crippen LogP contribution in [0.15, 0.2) is 18.2 Å². The van der Waals surface area contributed by atoms with E-state index in [1.807, 2.05) is 13.0 Å². The fraction of sp³-hybridized carbons (Fsp3) is 0.600. The van der Waals surface area contributed by atoms with Gasteiger partial charge in [0.25, 0.3) is 5.69 Å². The summed E-state index contributed by atoms with van der Waals surface area (Å²) in [6.07, 6.45) is 0. The lowest BCUT2D eigenvalue weighted by Gasteiger charge is -2.37. The standard InChI is InChI=1S/C15H24N4O2/c1-12-13(5-4-6-15(12)19(20)21)9-16-10-14-11-17(2)7-8-18(14)3/h4-6,14,16H,7-11H2,1-3H3. The summed E-state index contributed by atoms with van der Waals surface area (Å²) in [5, 5.41) is 14.4. The third kappa shape index (κ3) is 4.00. The highest BCUT2D eigenvalue weighted by Crippen LogP contribution is 2.20. The molecule has 0 spiro atoms. The van der Waals surface area contributed by atoms with E-state index in [0.717, 1.165) is 37.3 Å². The van der Waals surface area contributed by atoms with Crippen LogP contribution in [0, 0.1) is 17.0 Å². The number of hydrogen-bond acceptors (Lipinski definition) is 5. The van der Waals surface area contributed by atoms with Crippen molar-refractivity contribution in [3.05, 3.63) is 39.4 Å². The fourth-order valence-electron chi connectivity index (χ4n) is 2.75. The molecule has 1 aliphatic rings. The molecule has 1 fully saturated rings. The van der Waals surface area contributed by atoms with Crippen molar-refractivity contribution in [2.75, 3.05) is 40.3 Å². The highest BCUT2D eigenvalue weighted by molar-refractivity contribution is 5.44. The Hall–Kier alpha value is -1.50. The van der Waals surface area contributed by atoms with Gasteiger partial charge in [-0.05, 0) is 26.6 Å². The number of nitrogens with zero attached hydrogens (tertiary/aromatic N) is 3. The minimum absolute atomic E-state index is 0.198. The van der Waals surface area contributed by atoms with E-state index in [-0.39, 0.29) is 10.6 Å². The largest absolute Gasteiger partial charge is 0.311 e. The Kier molecular flexibility index (Phi) is 5.27. The number of piperazine rings is 1. The van der Waals surface area contributed by atoms with Gasteiger partial charge in [0.15, 0.2) is 0 Å². The summed E-state index contributed by atoms with van der Waals surface area (Å²) >= 11 is 0. The number of nitro benzene ring substituents is 1. The van der Waals surface area contributed by atoms with Gasteiger partial charge in [-0.15, -0.1) is 0 Å². The summed E-state index contributed by atoms with van der Waals surface area (Å²) in [5.41, 5.74) is 1.95. The van der Waals surface area contributed by atoms with E-state index in [4.69, 9.17) is 0 Å². The van der Waals surface area contributed by atoms with Crippen molar-refractivity contribution in [2.45, 2.75) is 19.5 Å². The molecule has 0 amide bonds. The molecule has 0 radical (unpaired) electrons. The molecular formula is C15H24N4O2. The molecule has 1 aromatic rings. The van der Waals surface area contributed by atoms with Crippen LogP contribution < -0.4 is 5.32 Å². The van der Waals surface area contributed by atoms with E-state index < -0.39 is 0 Å². The number of nitrogens with one attached hydrogen (secondary N) is 1. The number of benzene rings is 1. The molecule has 1 unspecified atom stereocenters. The highest BCUT2D eigenvalue weighted by atomic mass is 16.6. The molecular weight excluding hydrogens is 268 g/mol. The van der Waals surface area contributed by atoms with Crippen LogP contribution in [0.2, 0.25) is 0 Å². The smallest absolute Gasteiger partial charge is 0.272 e. The van der Waals surface area contributed by atoms with Crippen molar-refractivity contribution in [2.24, 2.45) is 0 Å². The molecule has 6 heteroatoms. The molecule has 1 saturated heterocycles. The van der Waals surface area contributed by atoms with Gasteiger partial charge >= 0.3 is 0 Å². The van der Waals surface area contributed by atoms with E-state index in [1.54, 1.807) is 12.1 Å². The average molecular weight is 292 g/mol. The van der Waals surface area contributed by atoms with Gasteiger partial charge in [-0.3, -0.25) is 15.0 Å². The van der Waals surface area contributed by atoms with Crippen LogP contribution >= 0.6 is 0 Å². The minimum atomic E-state index is -0.317. The van der Waals surface area contributed by atoms with Crippen molar-refractivity contribution in [1.82, 2.24) is 15.1 Å². The van der Waals surface area contributed by atoms with Gasteiger partial charge in [-0.2, -0.15) is 0 Å². The molecule has 2 rings (SSSR count). The average Bonchev–Trinajstić information content (AvgIpc) is 2.44. The second-order valence-electron chi connectivity index (χ2n) is 5.85. The summed E-state index contributed by atoms with van der Waals surface area (Å²) < 4.78 is 0. The molecule has 1 atom stereocenters. The highest BCUT2D eigenvalue weighted by Gasteiger charge is 2.21. The fourth-order valence-corrected chi connectivity index (χ4v) is 2.75. The van der Waals surface area contributed by atoms with Gasteiger partial charge in [-0.1, -0.05) is 12.1 Å². The lowest BCUT2D eigenvalue weighted by Crippen LogP contribution is -2.53. The summed E-state index contributed by atoms with van der Waals surface area (Å²) in [4.78, 5) is 15.3. The van der Waals surface area contributed by atoms with Crippen LogP contribution in [-0.2, 0) is 6.54 Å². The number of nitro groups is 1. The molecule has 0 aromatic heterocycles. The third-order valence-corrected chi connectivity index (χ3v) is 4.29. The number of hydrogen-bond donors (Lipinski definition) is 1. The van der Waals surface area contributed by atoms with E-state index in [1.165, 1.54) is 0 Å². The van der Waals surface area contributed by atoms with Gasteiger partial charge in [0.1, 0.15) is 0 Å². The Morgan fingerprint density at radius 1 is 1.38 bits per heavy atom. The van der Waals surface area contributed by atoms with E-state index in [2.05, 4.69) is 29.2 Å². The minimum Gasteiger partial charge on any atom is -0.311 e. The summed E-state index contributed by atoms with van der Waals surface area (Å²) in [6, 6.07) is 5.75. The SMILES string of the molecule is Cc1c(CNCC2CN(C)CCN2C)cccc1[N+](=O)[O-]. The quantitative estimate of drug-likeness (QED) is 0.653. The zero-order chi connectivity index (χ0) is 15.4. The second kappa shape index (κ2) is 6.98. The Labute approximate surface area is 125 Å². The van der Waals surface area contributed by atoms with Crippen molar-refractivity contribution in [3.63, 3.8) is 0 Å². The van der Waals surface area contributed by atoms with Gasteiger partial charge in [0.2, 0.25) is 0 Å². The Bertz CT molecular complexity index is 506. The maximum absolute atomic E-state index is 10.9. The van der Waals surface area contributed by atoms with Crippen molar-refractivity contribution in [3.8, 4) is 0 Å². The molecule has 6 nitrogen and oxygen atoms in total. The van der Waals surface area contributed by atoms with Crippen LogP contribution in [0.1, 0.15) is 11.1 Å². The predicted octanol–water partition coefficient (Wildman–Crippen LogP) is 1.24. The monoisotopic (exact) mass is 292 g/mol. The molecule has 0 aliphatic carbocycles. The lowest BCUT2D eigenvalue weighted by atomic mass is 10.1. The molecule has 0 saturated carbocycles. The Morgan fingerprint density at radius 3 is 2.86 bits per heavy atom. The van der Waals surface area contributed by atoms with E-state index in [0.29, 0.717) is 12.6 Å². The molecule has 1 aliphatic heterocycles. The maximum Gasteiger partial charge on any atom is 0.272 e. The van der Waals surface area contributed by atoms with Crippen molar-refractivity contribution >= 4 is 5.69 Å². The van der Waals surface area contributed by atoms with Gasteiger partial charge in [0, 0.05) is 50.4 Å². The van der Waals surface area contributed by atoms with Crippen LogP contribution in [0.25, 0.3) is 0 Å². The normalized spacial score (nSPS) is 20.6. The van der Waals surface area contributed by atoms with Gasteiger partial charge in [0.05, 0.1) is 4.92 Å². The first-order valence-corrected chi connectivity index (χ1v) is 7.31. The van der Waals surface area contributed by atoms with Crippen LogP contribution in [0.4, 0.5) is 5.69 Å². The first kappa shape index (κ1) is 15.9. The molecule has 1 aromatic carbocycles. The molecule has 0 bridgehead atoms. The van der Waals surface area contributed by atoms with Crippen molar-refractivity contribution in [1.29, 1.82) is 0 Å². The Balaban J connectivity index is 1.91. The van der Waals surface area contributed by atoms with Crippen LogP contribution in [0.5, 0.6) is 0 Å². The first-order chi connectivity index (χ1) is 9.99. The first-order valence-electron chi connectivity index (χ1n) is 7.31. The lowest BCUT2D eigenvalue weighted by molar-refractivity contribution is -0.385. The van der Waals surface area contributed by atoms with Crippen LogP contribution in [0.3, 0.4) is 0 Å². The number of rotatable bonds is 5. The Morgan fingerprint density at radius 2 is 2.14 bits per heavy atom. The van der Waals surface area contributed by atoms with Gasteiger partial charge < -0.3 is 10.2 Å². The molecule has 116 valence electrons. The summed E-state index contributed by atoms with van der Waals surface area (Å²) in [6.45, 7) is 6.62. The van der Waals surface area contributed by atoms with E-state index in [9.17, 15) is 10.1 Å². The molecule has 1 heterocycles. The zero-order valence-electron chi connectivity index (χ0n) is 13.0. The predicted molar refractivity (Wildman–Crippen MR) is 83.5 cm³/mol. The second-order valence-corrected chi connectivity index (χ2v) is 5.85. The maximum atomic E-state index is 10.9. The van der Waals surface area contributed by atoms with Gasteiger partial charge in [-0.25, -0.2) is 0 Å². The zero-order valence-corrected chi connectivity index (χ0v) is 13.0. The topological polar surface area (TPSA) is 61.6 Å². The van der Waals surface area contributed by atoms with Crippen LogP contribution in [-0.4, -0.2) is 61.0 Å². The van der Waals surface area contributed by atoms with E-state index >= 15 is 0 Å². The summed E-state index contributed by atoms with van der Waals surface area (Å²) in [5.74, 6) is 0. The van der Waals surface area contributed by atoms with Crippen molar-refractivity contribution < 1.29 is 4.92 Å². The summed E-state index contributed by atoms with van der Waals surface area (Å²) in [7, 11) is 4.29. The number of likely N-dealkylation sites (N-methyl/N-ethyl adjacent to an activating group) is 2. The molecule has 1 N–H and O–H groups in total. The third-order valence-electron chi connectivity index (χ3n) is 4.29.